The molecule has 2 saturated heterocycles. The number of rotatable bonds is 2. The van der Waals surface area contributed by atoms with Crippen LogP contribution in [-0.4, -0.2) is 57.8 Å². The van der Waals surface area contributed by atoms with Crippen LogP contribution in [0.1, 0.15) is 67.7 Å². The third-order valence-corrected chi connectivity index (χ3v) is 7.19. The number of fused-ring (bicyclic) bond motifs is 4. The van der Waals surface area contributed by atoms with Crippen LogP contribution >= 0.6 is 0 Å². The molecule has 4 bridgehead atoms. The van der Waals surface area contributed by atoms with Gasteiger partial charge in [0.25, 0.3) is 0 Å². The van der Waals surface area contributed by atoms with Crippen LogP contribution in [0.15, 0.2) is 23.8 Å². The topological polar surface area (TPSA) is 102 Å². The summed E-state index contributed by atoms with van der Waals surface area (Å²) in [5, 5.41) is 23.2. The Bertz CT molecular complexity index is 811. The summed E-state index contributed by atoms with van der Waals surface area (Å²) in [6.45, 7) is 12.9. The van der Waals surface area contributed by atoms with E-state index in [0.717, 1.165) is 5.57 Å². The molecule has 2 N–H and O–H groups in total. The standard InChI is InChI=1S/C25H38O7/c1-14(2)12-19(26)30-21-16(4)13-17-20(27)15(3)8-10-23(5,6)18-9-11-24(7,32-18)22(28)25(21,29)31-17/h8,10,12,15-18,21-22,28-29H,9,11,13H2,1-7H3/b10-8+/t15-,16+,17+,18-,21+,22-,24+,25-/m0/s1. The molecule has 0 aliphatic carbocycles. The molecule has 0 aromatic heterocycles. The molecular formula is C25H38O7. The van der Waals surface area contributed by atoms with Crippen molar-refractivity contribution in [2.45, 2.75) is 104 Å². The van der Waals surface area contributed by atoms with Crippen molar-refractivity contribution < 1.29 is 34.0 Å². The zero-order valence-corrected chi connectivity index (χ0v) is 20.3. The smallest absolute Gasteiger partial charge is 0.331 e. The minimum Gasteiger partial charge on any atom is -0.453 e. The van der Waals surface area contributed by atoms with Crippen molar-refractivity contribution in [1.82, 2.24) is 0 Å². The maximum atomic E-state index is 13.2. The molecule has 0 aromatic carbocycles. The van der Waals surface area contributed by atoms with Crippen molar-refractivity contribution in [3.05, 3.63) is 23.8 Å². The molecule has 2 fully saturated rings. The number of ketones is 1. The molecular weight excluding hydrogens is 412 g/mol. The van der Waals surface area contributed by atoms with E-state index in [1.165, 1.54) is 6.08 Å². The van der Waals surface area contributed by atoms with E-state index < -0.39 is 47.5 Å². The number of ether oxygens (including phenoxy) is 3. The zero-order valence-electron chi connectivity index (χ0n) is 20.3. The van der Waals surface area contributed by atoms with Gasteiger partial charge < -0.3 is 24.4 Å². The number of carbonyl (C=O) groups is 2. The van der Waals surface area contributed by atoms with E-state index >= 15 is 0 Å². The van der Waals surface area contributed by atoms with Gasteiger partial charge in [0.2, 0.25) is 5.79 Å². The number of allylic oxidation sites excluding steroid dienone is 2. The Morgan fingerprint density at radius 1 is 1.22 bits per heavy atom. The van der Waals surface area contributed by atoms with Gasteiger partial charge >= 0.3 is 5.97 Å². The highest BCUT2D eigenvalue weighted by atomic mass is 16.7. The fourth-order valence-electron chi connectivity index (χ4n) is 5.11. The summed E-state index contributed by atoms with van der Waals surface area (Å²) < 4.78 is 17.9. The Hall–Kier alpha value is -1.54. The average molecular weight is 451 g/mol. The summed E-state index contributed by atoms with van der Waals surface area (Å²) in [7, 11) is 0. The predicted octanol–water partition coefficient (Wildman–Crippen LogP) is 3.08. The number of carbonyl (C=O) groups excluding carboxylic acids is 2. The Balaban J connectivity index is 2.07. The third-order valence-electron chi connectivity index (χ3n) is 7.19. The summed E-state index contributed by atoms with van der Waals surface area (Å²) >= 11 is 0. The highest BCUT2D eigenvalue weighted by Gasteiger charge is 2.62. The van der Waals surface area contributed by atoms with Crippen molar-refractivity contribution >= 4 is 11.8 Å². The SMILES string of the molecule is CC(C)=CC(=O)O[C@@H]1[C@H](C)C[C@H]2O[C@]1(O)[C@@H](O)[C@@]1(C)CC[C@H](O1)C(C)(C)/C=C/[C@H](C)C2=O. The van der Waals surface area contributed by atoms with E-state index in [-0.39, 0.29) is 23.7 Å². The number of hydrogen-bond acceptors (Lipinski definition) is 7. The minimum atomic E-state index is -2.29. The maximum absolute atomic E-state index is 13.2. The molecule has 0 unspecified atom stereocenters. The number of hydrogen-bond donors (Lipinski definition) is 2. The summed E-state index contributed by atoms with van der Waals surface area (Å²) in [5.41, 5.74) is -0.761. The largest absolute Gasteiger partial charge is 0.453 e. The second-order valence-corrected chi connectivity index (χ2v) is 10.9. The van der Waals surface area contributed by atoms with Gasteiger partial charge in [0.15, 0.2) is 11.9 Å². The molecule has 32 heavy (non-hydrogen) atoms. The highest BCUT2D eigenvalue weighted by molar-refractivity contribution is 5.87. The lowest BCUT2D eigenvalue weighted by Crippen LogP contribution is -2.68. The van der Waals surface area contributed by atoms with Crippen molar-refractivity contribution in [2.24, 2.45) is 17.3 Å². The molecule has 0 aromatic rings. The van der Waals surface area contributed by atoms with Crippen molar-refractivity contribution in [2.75, 3.05) is 0 Å². The second-order valence-electron chi connectivity index (χ2n) is 10.9. The normalized spacial score (nSPS) is 44.7. The average Bonchev–Trinajstić information content (AvgIpc) is 3.11. The highest BCUT2D eigenvalue weighted by Crippen LogP contribution is 2.48. The fraction of sp³-hybridized carbons (Fsp3) is 0.760. The van der Waals surface area contributed by atoms with Gasteiger partial charge in [-0.05, 0) is 40.0 Å². The molecule has 3 heterocycles. The van der Waals surface area contributed by atoms with Crippen LogP contribution < -0.4 is 0 Å². The number of esters is 1. The van der Waals surface area contributed by atoms with Gasteiger partial charge in [-0.2, -0.15) is 0 Å². The molecule has 180 valence electrons. The Morgan fingerprint density at radius 2 is 1.88 bits per heavy atom. The first-order valence-electron chi connectivity index (χ1n) is 11.5. The van der Waals surface area contributed by atoms with Crippen LogP contribution in [0.2, 0.25) is 0 Å². The van der Waals surface area contributed by atoms with E-state index in [9.17, 15) is 19.8 Å². The summed E-state index contributed by atoms with van der Waals surface area (Å²) in [4.78, 5) is 25.6. The van der Waals surface area contributed by atoms with Crippen LogP contribution in [0.5, 0.6) is 0 Å². The lowest BCUT2D eigenvalue weighted by Gasteiger charge is -2.51. The zero-order chi connectivity index (χ0) is 24.1. The summed E-state index contributed by atoms with van der Waals surface area (Å²) in [6, 6.07) is 0. The van der Waals surface area contributed by atoms with Crippen molar-refractivity contribution in [3.63, 3.8) is 0 Å². The molecule has 0 spiro atoms. The van der Waals surface area contributed by atoms with Crippen LogP contribution in [0.25, 0.3) is 0 Å². The summed E-state index contributed by atoms with van der Waals surface area (Å²) in [5.74, 6) is -3.97. The van der Waals surface area contributed by atoms with E-state index in [2.05, 4.69) is 0 Å². The monoisotopic (exact) mass is 450 g/mol. The molecule has 7 nitrogen and oxygen atoms in total. The van der Waals surface area contributed by atoms with Gasteiger partial charge in [0.05, 0.1) is 11.7 Å². The predicted molar refractivity (Wildman–Crippen MR) is 119 cm³/mol. The van der Waals surface area contributed by atoms with Crippen LogP contribution in [-0.2, 0) is 23.8 Å². The fourth-order valence-corrected chi connectivity index (χ4v) is 5.11. The molecule has 8 atom stereocenters. The lowest BCUT2D eigenvalue weighted by atomic mass is 9.78. The quantitative estimate of drug-likeness (QED) is 0.379. The first-order valence-corrected chi connectivity index (χ1v) is 11.5. The van der Waals surface area contributed by atoms with Crippen LogP contribution in [0.4, 0.5) is 0 Å². The van der Waals surface area contributed by atoms with E-state index in [1.54, 1.807) is 34.6 Å². The molecule has 0 radical (unpaired) electrons. The van der Waals surface area contributed by atoms with Crippen molar-refractivity contribution in [1.29, 1.82) is 0 Å². The first kappa shape index (κ1) is 25.1. The van der Waals surface area contributed by atoms with E-state index in [4.69, 9.17) is 14.2 Å². The lowest BCUT2D eigenvalue weighted by molar-refractivity contribution is -0.363. The Morgan fingerprint density at radius 3 is 2.50 bits per heavy atom. The van der Waals surface area contributed by atoms with Crippen molar-refractivity contribution in [3.8, 4) is 0 Å². The second kappa shape index (κ2) is 8.67. The molecule has 7 heteroatoms. The van der Waals surface area contributed by atoms with E-state index in [0.29, 0.717) is 12.8 Å². The van der Waals surface area contributed by atoms with Gasteiger partial charge in [-0.1, -0.05) is 45.4 Å². The number of aliphatic hydroxyl groups excluding tert-OH is 1. The maximum Gasteiger partial charge on any atom is 0.331 e. The molecule has 3 rings (SSSR count). The van der Waals surface area contributed by atoms with Crippen LogP contribution in [0.3, 0.4) is 0 Å². The van der Waals surface area contributed by atoms with Gasteiger partial charge in [-0.25, -0.2) is 4.79 Å². The van der Waals surface area contributed by atoms with Gasteiger partial charge in [0, 0.05) is 23.3 Å². The first-order chi connectivity index (χ1) is 14.7. The number of Topliss-reactive ketones (excluding diaryl/α,β-unsaturated/α-hetero) is 1. The molecule has 3 aliphatic heterocycles. The molecule has 3 aliphatic rings. The van der Waals surface area contributed by atoms with E-state index in [1.807, 2.05) is 26.0 Å². The molecule has 0 saturated carbocycles. The summed E-state index contributed by atoms with van der Waals surface area (Å²) in [6.07, 6.45) is 2.77. The van der Waals surface area contributed by atoms with Gasteiger partial charge in [0.1, 0.15) is 12.2 Å². The van der Waals surface area contributed by atoms with Crippen LogP contribution in [0, 0.1) is 17.3 Å². The minimum absolute atomic E-state index is 0.178. The molecule has 0 amide bonds. The number of aliphatic hydroxyl groups is 2. The van der Waals surface area contributed by atoms with Gasteiger partial charge in [-0.15, -0.1) is 0 Å². The van der Waals surface area contributed by atoms with Gasteiger partial charge in [-0.3, -0.25) is 4.79 Å². The Kier molecular flexibility index (Phi) is 6.80. The third kappa shape index (κ3) is 4.58. The Labute approximate surface area is 190 Å².